The third kappa shape index (κ3) is 2.66. The highest BCUT2D eigenvalue weighted by Crippen LogP contribution is 2.22. The van der Waals surface area contributed by atoms with E-state index in [0.29, 0.717) is 23.5 Å². The Morgan fingerprint density at radius 1 is 1.19 bits per heavy atom. The monoisotopic (exact) mass is 302 g/mol. The van der Waals surface area contributed by atoms with E-state index >= 15 is 0 Å². The van der Waals surface area contributed by atoms with Crippen molar-refractivity contribution in [1.82, 2.24) is 9.55 Å². The van der Waals surface area contributed by atoms with Gasteiger partial charge in [0.1, 0.15) is 11.6 Å². The van der Waals surface area contributed by atoms with Crippen LogP contribution in [0.1, 0.15) is 22.5 Å². The number of hydrogen-bond acceptors (Lipinski definition) is 1. The molecule has 21 heavy (non-hydrogen) atoms. The van der Waals surface area contributed by atoms with Gasteiger partial charge in [0.05, 0.1) is 16.9 Å². The maximum Gasteiger partial charge on any atom is 0.128 e. The van der Waals surface area contributed by atoms with Crippen LogP contribution in [0.4, 0.5) is 4.39 Å². The van der Waals surface area contributed by atoms with Gasteiger partial charge in [0.15, 0.2) is 0 Å². The van der Waals surface area contributed by atoms with Gasteiger partial charge in [-0.25, -0.2) is 9.37 Å². The van der Waals surface area contributed by atoms with Gasteiger partial charge in [0.2, 0.25) is 0 Å². The molecule has 1 heterocycles. The van der Waals surface area contributed by atoms with Crippen molar-refractivity contribution in [3.05, 3.63) is 64.7 Å². The summed E-state index contributed by atoms with van der Waals surface area (Å²) in [5.41, 5.74) is 4.59. The third-order valence-corrected chi connectivity index (χ3v) is 3.89. The number of hydrogen-bond donors (Lipinski definition) is 0. The molecule has 0 radical (unpaired) electrons. The molecule has 108 valence electrons. The molecule has 0 aliphatic carbocycles. The van der Waals surface area contributed by atoms with Gasteiger partial charge in [0.25, 0.3) is 0 Å². The average molecular weight is 303 g/mol. The highest BCUT2D eigenvalue weighted by molar-refractivity contribution is 6.16. The fourth-order valence-electron chi connectivity index (χ4n) is 2.57. The largest absolute Gasteiger partial charge is 0.322 e. The summed E-state index contributed by atoms with van der Waals surface area (Å²) in [7, 11) is 0. The van der Waals surface area contributed by atoms with Crippen molar-refractivity contribution in [2.24, 2.45) is 0 Å². The van der Waals surface area contributed by atoms with Crippen LogP contribution in [0.15, 0.2) is 36.4 Å². The molecule has 0 N–H and O–H groups in total. The van der Waals surface area contributed by atoms with Crippen LogP contribution in [0.3, 0.4) is 0 Å². The minimum Gasteiger partial charge on any atom is -0.322 e. The Labute approximate surface area is 128 Å². The predicted octanol–water partition coefficient (Wildman–Crippen LogP) is 4.58. The van der Waals surface area contributed by atoms with Crippen LogP contribution in [-0.4, -0.2) is 9.55 Å². The second kappa shape index (κ2) is 5.49. The highest BCUT2D eigenvalue weighted by Gasteiger charge is 2.12. The quantitative estimate of drug-likeness (QED) is 0.648. The van der Waals surface area contributed by atoms with Gasteiger partial charge < -0.3 is 4.57 Å². The van der Waals surface area contributed by atoms with E-state index in [0.717, 1.165) is 11.3 Å². The summed E-state index contributed by atoms with van der Waals surface area (Å²) in [5, 5.41) is 0. The van der Waals surface area contributed by atoms with Crippen LogP contribution < -0.4 is 0 Å². The second-order valence-electron chi connectivity index (χ2n) is 5.33. The van der Waals surface area contributed by atoms with Crippen molar-refractivity contribution in [2.75, 3.05) is 0 Å². The summed E-state index contributed by atoms with van der Waals surface area (Å²) in [6, 6.07) is 11.6. The normalized spacial score (nSPS) is 11.2. The lowest BCUT2D eigenvalue weighted by atomic mass is 10.1. The van der Waals surface area contributed by atoms with Gasteiger partial charge in [-0.05, 0) is 31.0 Å². The Balaban J connectivity index is 2.14. The van der Waals surface area contributed by atoms with Crippen LogP contribution in [0.2, 0.25) is 0 Å². The number of halogens is 2. The van der Waals surface area contributed by atoms with E-state index < -0.39 is 0 Å². The fraction of sp³-hybridized carbons (Fsp3) is 0.235. The standard InChI is InChI=1S/C17H16ClFN2/c1-11-4-3-5-13(6-11)10-21-16-7-12(2)14(19)8-15(16)20-17(21)9-18/h3-8H,9-10H2,1-2H3. The molecular formula is C17H16ClFN2. The fourth-order valence-corrected chi connectivity index (χ4v) is 2.78. The molecular weight excluding hydrogens is 287 g/mol. The van der Waals surface area contributed by atoms with Gasteiger partial charge in [-0.2, -0.15) is 0 Å². The van der Waals surface area contributed by atoms with Crippen LogP contribution in [0.25, 0.3) is 11.0 Å². The molecule has 0 atom stereocenters. The van der Waals surface area contributed by atoms with Gasteiger partial charge in [-0.15, -0.1) is 11.6 Å². The van der Waals surface area contributed by atoms with Gasteiger partial charge >= 0.3 is 0 Å². The van der Waals surface area contributed by atoms with Crippen LogP contribution in [-0.2, 0) is 12.4 Å². The van der Waals surface area contributed by atoms with Gasteiger partial charge in [-0.1, -0.05) is 29.8 Å². The van der Waals surface area contributed by atoms with Crippen molar-refractivity contribution in [1.29, 1.82) is 0 Å². The minimum atomic E-state index is -0.233. The first-order valence-electron chi connectivity index (χ1n) is 6.85. The van der Waals surface area contributed by atoms with E-state index in [2.05, 4.69) is 34.7 Å². The lowest BCUT2D eigenvalue weighted by molar-refractivity contribution is 0.620. The average Bonchev–Trinajstić information content (AvgIpc) is 2.77. The molecule has 0 aliphatic heterocycles. The summed E-state index contributed by atoms with van der Waals surface area (Å²) in [6.45, 7) is 4.52. The molecule has 0 spiro atoms. The topological polar surface area (TPSA) is 17.8 Å². The maximum absolute atomic E-state index is 13.7. The SMILES string of the molecule is Cc1cccc(Cn2c(CCl)nc3cc(F)c(C)cc32)c1. The Hall–Kier alpha value is -1.87. The third-order valence-electron chi connectivity index (χ3n) is 3.65. The molecule has 0 bridgehead atoms. The zero-order chi connectivity index (χ0) is 15.0. The molecule has 4 heteroatoms. The first-order chi connectivity index (χ1) is 10.1. The molecule has 0 aliphatic rings. The van der Waals surface area contributed by atoms with E-state index in [1.54, 1.807) is 6.92 Å². The zero-order valence-electron chi connectivity index (χ0n) is 12.0. The molecule has 3 aromatic rings. The Kier molecular flexibility index (Phi) is 3.68. The smallest absolute Gasteiger partial charge is 0.128 e. The number of aryl methyl sites for hydroxylation is 2. The molecule has 0 saturated carbocycles. The first kappa shape index (κ1) is 14.1. The van der Waals surface area contributed by atoms with Crippen molar-refractivity contribution >= 4 is 22.6 Å². The van der Waals surface area contributed by atoms with Crippen molar-refractivity contribution in [2.45, 2.75) is 26.3 Å². The number of rotatable bonds is 3. The molecule has 0 amide bonds. The van der Waals surface area contributed by atoms with E-state index in [9.17, 15) is 4.39 Å². The van der Waals surface area contributed by atoms with E-state index in [1.807, 2.05) is 12.1 Å². The molecule has 2 nitrogen and oxygen atoms in total. The second-order valence-corrected chi connectivity index (χ2v) is 5.59. The molecule has 1 aromatic heterocycles. The number of imidazole rings is 1. The van der Waals surface area contributed by atoms with Crippen molar-refractivity contribution in [3.8, 4) is 0 Å². The first-order valence-corrected chi connectivity index (χ1v) is 7.38. The number of aromatic nitrogens is 2. The lowest BCUT2D eigenvalue weighted by Gasteiger charge is -2.09. The highest BCUT2D eigenvalue weighted by atomic mass is 35.5. The van der Waals surface area contributed by atoms with Crippen LogP contribution >= 0.6 is 11.6 Å². The molecule has 0 saturated heterocycles. The minimum absolute atomic E-state index is 0.233. The predicted molar refractivity (Wildman–Crippen MR) is 84.3 cm³/mol. The molecule has 0 fully saturated rings. The number of fused-ring (bicyclic) bond motifs is 1. The van der Waals surface area contributed by atoms with Crippen LogP contribution in [0.5, 0.6) is 0 Å². The number of nitrogens with zero attached hydrogens (tertiary/aromatic N) is 2. The molecule has 2 aromatic carbocycles. The summed E-state index contributed by atoms with van der Waals surface area (Å²) in [4.78, 5) is 4.44. The molecule has 3 rings (SSSR count). The molecule has 0 unspecified atom stereocenters. The lowest BCUT2D eigenvalue weighted by Crippen LogP contribution is -2.04. The number of alkyl halides is 1. The Morgan fingerprint density at radius 3 is 2.71 bits per heavy atom. The van der Waals surface area contributed by atoms with E-state index in [1.165, 1.54) is 17.2 Å². The zero-order valence-corrected chi connectivity index (χ0v) is 12.8. The van der Waals surface area contributed by atoms with Gasteiger partial charge in [-0.3, -0.25) is 0 Å². The number of benzene rings is 2. The summed E-state index contributed by atoms with van der Waals surface area (Å²) >= 11 is 6.00. The van der Waals surface area contributed by atoms with E-state index in [-0.39, 0.29) is 5.82 Å². The van der Waals surface area contributed by atoms with Crippen molar-refractivity contribution in [3.63, 3.8) is 0 Å². The summed E-state index contributed by atoms with van der Waals surface area (Å²) < 4.78 is 15.8. The van der Waals surface area contributed by atoms with Gasteiger partial charge in [0, 0.05) is 12.6 Å². The summed E-state index contributed by atoms with van der Waals surface area (Å²) in [6.07, 6.45) is 0. The Morgan fingerprint density at radius 2 is 2.00 bits per heavy atom. The van der Waals surface area contributed by atoms with Crippen molar-refractivity contribution < 1.29 is 4.39 Å². The van der Waals surface area contributed by atoms with E-state index in [4.69, 9.17) is 11.6 Å². The summed E-state index contributed by atoms with van der Waals surface area (Å²) in [5.74, 6) is 0.836. The maximum atomic E-state index is 13.7. The van der Waals surface area contributed by atoms with Crippen LogP contribution in [0, 0.1) is 19.7 Å². The Bertz CT molecular complexity index is 808.